The highest BCUT2D eigenvalue weighted by Crippen LogP contribution is 2.25. The van der Waals surface area contributed by atoms with Gasteiger partial charge in [0, 0.05) is 15.3 Å². The average Bonchev–Trinajstić information content (AvgIpc) is 2.23. The zero-order valence-corrected chi connectivity index (χ0v) is 10.0. The predicted octanol–water partition coefficient (Wildman–Crippen LogP) is 3.77. The second-order valence-electron chi connectivity index (χ2n) is 3.09. The van der Waals surface area contributed by atoms with Gasteiger partial charge in [0.05, 0.1) is 0 Å². The third kappa shape index (κ3) is 2.04. The minimum Gasteiger partial charge on any atom is -0.252 e. The Bertz CT molecular complexity index is 543. The zero-order chi connectivity index (χ0) is 11.7. The maximum absolute atomic E-state index is 13.5. The number of hydrogen-bond donors (Lipinski definition) is 0. The van der Waals surface area contributed by atoms with Crippen LogP contribution >= 0.6 is 22.6 Å². The van der Waals surface area contributed by atoms with E-state index < -0.39 is 17.5 Å². The number of nitrogens with zero attached hydrogens (tertiary/aromatic N) is 1. The van der Waals surface area contributed by atoms with E-state index in [1.54, 1.807) is 0 Å². The highest BCUT2D eigenvalue weighted by atomic mass is 127. The average molecular weight is 335 g/mol. The summed E-state index contributed by atoms with van der Waals surface area (Å²) in [4.78, 5) is 3.76. The van der Waals surface area contributed by atoms with Crippen LogP contribution in [0, 0.1) is 21.0 Å². The third-order valence-corrected chi connectivity index (χ3v) is 2.60. The van der Waals surface area contributed by atoms with Gasteiger partial charge in [0.15, 0.2) is 17.5 Å². The summed E-state index contributed by atoms with van der Waals surface area (Å²) in [5, 5.41) is 0. The van der Waals surface area contributed by atoms with Gasteiger partial charge in [-0.15, -0.1) is 0 Å². The highest BCUT2D eigenvalue weighted by Gasteiger charge is 2.14. The molecule has 0 fully saturated rings. The normalized spacial score (nSPS) is 10.5. The van der Waals surface area contributed by atoms with E-state index in [9.17, 15) is 13.2 Å². The van der Waals surface area contributed by atoms with Crippen molar-refractivity contribution in [1.29, 1.82) is 0 Å². The minimum atomic E-state index is -1.09. The van der Waals surface area contributed by atoms with Crippen molar-refractivity contribution in [3.05, 3.63) is 51.5 Å². The summed E-state index contributed by atoms with van der Waals surface area (Å²) in [7, 11) is 0. The predicted molar refractivity (Wildman–Crippen MR) is 62.3 cm³/mol. The summed E-state index contributed by atoms with van der Waals surface area (Å²) in [6.07, 6.45) is 1.39. The van der Waals surface area contributed by atoms with Crippen LogP contribution in [-0.2, 0) is 0 Å². The third-order valence-electron chi connectivity index (χ3n) is 2.01. The van der Waals surface area contributed by atoms with Crippen molar-refractivity contribution < 1.29 is 13.2 Å². The Morgan fingerprint density at radius 1 is 1.06 bits per heavy atom. The fourth-order valence-electron chi connectivity index (χ4n) is 1.30. The van der Waals surface area contributed by atoms with E-state index >= 15 is 0 Å². The van der Waals surface area contributed by atoms with Crippen LogP contribution in [0.4, 0.5) is 13.2 Å². The Kier molecular flexibility index (Phi) is 3.13. The number of aromatic nitrogens is 1. The van der Waals surface area contributed by atoms with Crippen molar-refractivity contribution in [1.82, 2.24) is 4.98 Å². The Hall–Kier alpha value is -1.11. The molecule has 0 unspecified atom stereocenters. The number of pyridine rings is 1. The molecule has 0 saturated carbocycles. The van der Waals surface area contributed by atoms with Crippen LogP contribution in [0.5, 0.6) is 0 Å². The van der Waals surface area contributed by atoms with Crippen molar-refractivity contribution in [2.45, 2.75) is 0 Å². The van der Waals surface area contributed by atoms with E-state index in [0.29, 0.717) is 3.57 Å². The largest absolute Gasteiger partial charge is 0.252 e. The molecule has 1 aromatic carbocycles. The molecule has 5 heteroatoms. The smallest absolute Gasteiger partial charge is 0.168 e. The monoisotopic (exact) mass is 335 g/mol. The number of benzene rings is 1. The Morgan fingerprint density at radius 3 is 2.50 bits per heavy atom. The molecule has 2 aromatic rings. The number of halogens is 4. The lowest BCUT2D eigenvalue weighted by molar-refractivity contribution is 0.509. The van der Waals surface area contributed by atoms with E-state index in [1.165, 1.54) is 24.4 Å². The molecule has 2 rings (SSSR count). The van der Waals surface area contributed by atoms with Crippen molar-refractivity contribution >= 4 is 22.6 Å². The molecule has 0 saturated heterocycles. The number of hydrogen-bond acceptors (Lipinski definition) is 1. The van der Waals surface area contributed by atoms with Crippen molar-refractivity contribution in [2.24, 2.45) is 0 Å². The van der Waals surface area contributed by atoms with E-state index in [4.69, 9.17) is 0 Å². The topological polar surface area (TPSA) is 12.9 Å². The van der Waals surface area contributed by atoms with E-state index in [2.05, 4.69) is 4.98 Å². The second-order valence-corrected chi connectivity index (χ2v) is 4.33. The first-order chi connectivity index (χ1) is 7.59. The molecule has 0 spiro atoms. The molecule has 1 nitrogen and oxygen atoms in total. The van der Waals surface area contributed by atoms with E-state index in [-0.39, 0.29) is 11.3 Å². The van der Waals surface area contributed by atoms with E-state index in [0.717, 1.165) is 6.07 Å². The maximum Gasteiger partial charge on any atom is 0.168 e. The first-order valence-corrected chi connectivity index (χ1v) is 5.43. The lowest BCUT2D eigenvalue weighted by Crippen LogP contribution is -1.95. The molecule has 0 radical (unpaired) electrons. The van der Waals surface area contributed by atoms with Gasteiger partial charge in [0.1, 0.15) is 5.69 Å². The van der Waals surface area contributed by atoms with Crippen LogP contribution in [0.1, 0.15) is 0 Å². The first kappa shape index (κ1) is 11.4. The molecule has 0 bridgehead atoms. The molecule has 0 aliphatic heterocycles. The van der Waals surface area contributed by atoms with Gasteiger partial charge in [-0.05, 0) is 40.8 Å². The van der Waals surface area contributed by atoms with Gasteiger partial charge in [-0.3, -0.25) is 4.98 Å². The fraction of sp³-hybridized carbons (Fsp3) is 0. The molecular formula is C11H5F3IN. The molecule has 0 atom stereocenters. The molecule has 16 heavy (non-hydrogen) atoms. The zero-order valence-electron chi connectivity index (χ0n) is 7.85. The lowest BCUT2D eigenvalue weighted by atomic mass is 10.1. The van der Waals surface area contributed by atoms with Gasteiger partial charge in [-0.2, -0.15) is 0 Å². The van der Waals surface area contributed by atoms with Crippen LogP contribution in [-0.4, -0.2) is 4.98 Å². The molecule has 0 aliphatic rings. The molecule has 82 valence electrons. The molecule has 1 aromatic heterocycles. The molecule has 1 heterocycles. The van der Waals surface area contributed by atoms with Gasteiger partial charge >= 0.3 is 0 Å². The first-order valence-electron chi connectivity index (χ1n) is 4.35. The van der Waals surface area contributed by atoms with Crippen LogP contribution < -0.4 is 0 Å². The van der Waals surface area contributed by atoms with Crippen LogP contribution in [0.15, 0.2) is 30.5 Å². The van der Waals surface area contributed by atoms with Gasteiger partial charge < -0.3 is 0 Å². The van der Waals surface area contributed by atoms with Crippen LogP contribution in [0.2, 0.25) is 0 Å². The molecule has 0 amide bonds. The summed E-state index contributed by atoms with van der Waals surface area (Å²) in [6.45, 7) is 0. The summed E-state index contributed by atoms with van der Waals surface area (Å²) < 4.78 is 40.4. The maximum atomic E-state index is 13.5. The molecule has 0 N–H and O–H groups in total. The quantitative estimate of drug-likeness (QED) is 0.723. The van der Waals surface area contributed by atoms with Gasteiger partial charge in [0.2, 0.25) is 0 Å². The summed E-state index contributed by atoms with van der Waals surface area (Å²) in [6, 6.07) is 4.79. The van der Waals surface area contributed by atoms with Crippen molar-refractivity contribution in [3.63, 3.8) is 0 Å². The van der Waals surface area contributed by atoms with Gasteiger partial charge in [-0.1, -0.05) is 6.07 Å². The summed E-state index contributed by atoms with van der Waals surface area (Å²) >= 11 is 1.89. The van der Waals surface area contributed by atoms with Gasteiger partial charge in [0.25, 0.3) is 0 Å². The standard InChI is InChI=1S/C11H5F3IN/c12-8-3-1-2-7(10(8)14)11-9(13)4-6(15)5-16-11/h1-5H. The Morgan fingerprint density at radius 2 is 1.81 bits per heavy atom. The summed E-state index contributed by atoms with van der Waals surface area (Å²) in [5.41, 5.74) is -0.355. The summed E-state index contributed by atoms with van der Waals surface area (Å²) in [5.74, 6) is -2.77. The van der Waals surface area contributed by atoms with Crippen LogP contribution in [0.25, 0.3) is 11.3 Å². The fourth-order valence-corrected chi connectivity index (χ4v) is 1.71. The molecular weight excluding hydrogens is 330 g/mol. The SMILES string of the molecule is Fc1cc(I)cnc1-c1cccc(F)c1F. The Labute approximate surface area is 103 Å². The second kappa shape index (κ2) is 4.40. The van der Waals surface area contributed by atoms with Crippen molar-refractivity contribution in [2.75, 3.05) is 0 Å². The lowest BCUT2D eigenvalue weighted by Gasteiger charge is -2.04. The van der Waals surface area contributed by atoms with Crippen LogP contribution in [0.3, 0.4) is 0 Å². The van der Waals surface area contributed by atoms with E-state index in [1.807, 2.05) is 22.6 Å². The van der Waals surface area contributed by atoms with Crippen molar-refractivity contribution in [3.8, 4) is 11.3 Å². The minimum absolute atomic E-state index is 0.172. The highest BCUT2D eigenvalue weighted by molar-refractivity contribution is 14.1. The molecule has 0 aliphatic carbocycles. The number of rotatable bonds is 1. The Balaban J connectivity index is 2.63. The van der Waals surface area contributed by atoms with Gasteiger partial charge in [-0.25, -0.2) is 13.2 Å².